The van der Waals surface area contributed by atoms with Crippen molar-refractivity contribution in [3.8, 4) is 0 Å². The minimum absolute atomic E-state index is 0.150. The van der Waals surface area contributed by atoms with Crippen molar-refractivity contribution in [3.05, 3.63) is 70.0 Å². The van der Waals surface area contributed by atoms with Crippen molar-refractivity contribution in [1.82, 2.24) is 4.90 Å². The second-order valence-electron chi connectivity index (χ2n) is 6.74. The number of carbonyl (C=O) groups excluding carboxylic acids is 3. The van der Waals surface area contributed by atoms with Gasteiger partial charge in [-0.3, -0.25) is 14.4 Å². The van der Waals surface area contributed by atoms with Gasteiger partial charge in [0.25, 0.3) is 17.7 Å². The lowest BCUT2D eigenvalue weighted by Crippen LogP contribution is -2.28. The fraction of sp³-hybridized carbons (Fsp3) is 0.190. The molecule has 0 atom stereocenters. The van der Waals surface area contributed by atoms with E-state index < -0.39 is 5.91 Å². The monoisotopic (exact) mass is 443 g/mol. The number of nitrogens with zero attached hydrogens (tertiary/aromatic N) is 1. The second-order valence-corrected chi connectivity index (χ2v) is 8.26. The zero-order valence-electron chi connectivity index (χ0n) is 15.8. The highest BCUT2D eigenvalue weighted by Gasteiger charge is 2.23. The molecule has 0 unspecified atom stereocenters. The smallest absolute Gasteiger partial charge is 0.291 e. The number of likely N-dealkylation sites (tertiary alicyclic amines) is 1. The summed E-state index contributed by atoms with van der Waals surface area (Å²) < 4.78 is 5.05. The van der Waals surface area contributed by atoms with Gasteiger partial charge in [0.1, 0.15) is 0 Å². The first-order chi connectivity index (χ1) is 14.5. The summed E-state index contributed by atoms with van der Waals surface area (Å²) in [6.45, 7) is 1.39. The van der Waals surface area contributed by atoms with Crippen molar-refractivity contribution in [3.63, 3.8) is 0 Å². The van der Waals surface area contributed by atoms with Gasteiger partial charge in [0.05, 0.1) is 27.4 Å². The van der Waals surface area contributed by atoms with Crippen molar-refractivity contribution in [2.75, 3.05) is 23.7 Å². The molecule has 1 fully saturated rings. The Kier molecular flexibility index (Phi) is 5.87. The lowest BCUT2D eigenvalue weighted by atomic mass is 10.1. The maximum absolute atomic E-state index is 12.8. The van der Waals surface area contributed by atoms with Crippen LogP contribution in [-0.2, 0) is 0 Å². The van der Waals surface area contributed by atoms with E-state index in [-0.39, 0.29) is 17.6 Å². The Morgan fingerprint density at radius 2 is 1.80 bits per heavy atom. The van der Waals surface area contributed by atoms with Crippen molar-refractivity contribution in [1.29, 1.82) is 0 Å². The topological polar surface area (TPSA) is 91.7 Å². The SMILES string of the molecule is O=C(Nc1ccc(C(=O)Nc2ccc(Cl)cc2C(=O)N2CCCC2)s1)c1ccco1. The van der Waals surface area contributed by atoms with E-state index in [4.69, 9.17) is 16.0 Å². The maximum atomic E-state index is 12.8. The molecule has 0 aliphatic carbocycles. The predicted molar refractivity (Wildman–Crippen MR) is 116 cm³/mol. The maximum Gasteiger partial charge on any atom is 0.291 e. The molecule has 3 heterocycles. The standard InChI is InChI=1S/C21H18ClN3O4S/c22-13-5-6-15(14(12-13)21(28)25-9-1-2-10-25)23-20(27)17-7-8-18(30-17)24-19(26)16-4-3-11-29-16/h3-8,11-12H,1-2,9-10H2,(H,23,27)(H,24,26). The second kappa shape index (κ2) is 8.73. The van der Waals surface area contributed by atoms with Gasteiger partial charge in [0.2, 0.25) is 0 Å². The minimum atomic E-state index is -0.398. The van der Waals surface area contributed by atoms with Crippen molar-refractivity contribution in [2.24, 2.45) is 0 Å². The van der Waals surface area contributed by atoms with Gasteiger partial charge in [-0.05, 0) is 55.3 Å². The van der Waals surface area contributed by atoms with Crippen molar-refractivity contribution in [2.45, 2.75) is 12.8 Å². The molecule has 2 aromatic heterocycles. The van der Waals surface area contributed by atoms with Gasteiger partial charge in [-0.25, -0.2) is 0 Å². The average molecular weight is 444 g/mol. The Morgan fingerprint density at radius 3 is 2.53 bits per heavy atom. The molecule has 0 bridgehead atoms. The zero-order valence-corrected chi connectivity index (χ0v) is 17.4. The molecule has 3 aromatic rings. The first-order valence-electron chi connectivity index (χ1n) is 9.36. The Morgan fingerprint density at radius 1 is 1.00 bits per heavy atom. The number of furan rings is 1. The van der Waals surface area contributed by atoms with Crippen LogP contribution in [-0.4, -0.2) is 35.7 Å². The molecule has 2 N–H and O–H groups in total. The Bertz CT molecular complexity index is 1090. The van der Waals surface area contributed by atoms with Gasteiger partial charge < -0.3 is 20.0 Å². The van der Waals surface area contributed by atoms with Gasteiger partial charge >= 0.3 is 0 Å². The molecule has 154 valence electrons. The first kappa shape index (κ1) is 20.2. The van der Waals surface area contributed by atoms with E-state index in [1.54, 1.807) is 47.4 Å². The molecule has 1 aliphatic heterocycles. The number of rotatable bonds is 5. The van der Waals surface area contributed by atoms with Gasteiger partial charge in [0, 0.05) is 18.1 Å². The number of amides is 3. The van der Waals surface area contributed by atoms with E-state index in [0.29, 0.717) is 39.2 Å². The van der Waals surface area contributed by atoms with Crippen LogP contribution in [0.25, 0.3) is 0 Å². The fourth-order valence-electron chi connectivity index (χ4n) is 3.19. The third kappa shape index (κ3) is 4.39. The van der Waals surface area contributed by atoms with Gasteiger partial charge in [0.15, 0.2) is 5.76 Å². The summed E-state index contributed by atoms with van der Waals surface area (Å²) in [6.07, 6.45) is 3.35. The van der Waals surface area contributed by atoms with Crippen LogP contribution >= 0.6 is 22.9 Å². The molecule has 9 heteroatoms. The number of carbonyl (C=O) groups is 3. The number of thiophene rings is 1. The molecule has 1 aromatic carbocycles. The molecule has 0 spiro atoms. The summed E-state index contributed by atoms with van der Waals surface area (Å²) in [6, 6.07) is 11.2. The van der Waals surface area contributed by atoms with Gasteiger partial charge in [-0.2, -0.15) is 0 Å². The molecule has 30 heavy (non-hydrogen) atoms. The molecular formula is C21H18ClN3O4S. The van der Waals surface area contributed by atoms with E-state index >= 15 is 0 Å². The van der Waals surface area contributed by atoms with Crippen LogP contribution in [0.3, 0.4) is 0 Å². The van der Waals surface area contributed by atoms with Crippen LogP contribution in [0.2, 0.25) is 5.02 Å². The quantitative estimate of drug-likeness (QED) is 0.596. The molecular weight excluding hydrogens is 426 g/mol. The van der Waals surface area contributed by atoms with Gasteiger partial charge in [-0.1, -0.05) is 11.6 Å². The Labute approximate surface area is 181 Å². The van der Waals surface area contributed by atoms with E-state index in [0.717, 1.165) is 24.2 Å². The van der Waals surface area contributed by atoms with E-state index in [1.165, 1.54) is 6.26 Å². The van der Waals surface area contributed by atoms with E-state index in [2.05, 4.69) is 10.6 Å². The lowest BCUT2D eigenvalue weighted by molar-refractivity contribution is 0.0793. The third-order valence-electron chi connectivity index (χ3n) is 4.66. The molecule has 4 rings (SSSR count). The fourth-order valence-corrected chi connectivity index (χ4v) is 4.15. The lowest BCUT2D eigenvalue weighted by Gasteiger charge is -2.18. The van der Waals surface area contributed by atoms with Crippen molar-refractivity contribution < 1.29 is 18.8 Å². The normalized spacial score (nSPS) is 13.3. The largest absolute Gasteiger partial charge is 0.459 e. The number of halogens is 1. The summed E-state index contributed by atoms with van der Waals surface area (Å²) in [4.78, 5) is 39.8. The Balaban J connectivity index is 1.48. The van der Waals surface area contributed by atoms with Crippen LogP contribution in [0.1, 0.15) is 43.4 Å². The third-order valence-corrected chi connectivity index (χ3v) is 5.90. The highest BCUT2D eigenvalue weighted by atomic mass is 35.5. The molecule has 1 saturated heterocycles. The van der Waals surface area contributed by atoms with Crippen LogP contribution in [0, 0.1) is 0 Å². The van der Waals surface area contributed by atoms with E-state index in [1.807, 2.05) is 0 Å². The zero-order chi connectivity index (χ0) is 21.1. The summed E-state index contributed by atoms with van der Waals surface area (Å²) in [5.74, 6) is -0.746. The molecule has 7 nitrogen and oxygen atoms in total. The van der Waals surface area contributed by atoms with Gasteiger partial charge in [-0.15, -0.1) is 11.3 Å². The van der Waals surface area contributed by atoms with E-state index in [9.17, 15) is 14.4 Å². The molecule has 0 radical (unpaired) electrons. The number of hydrogen-bond acceptors (Lipinski definition) is 5. The first-order valence-corrected chi connectivity index (χ1v) is 10.6. The summed E-state index contributed by atoms with van der Waals surface area (Å²) in [5.41, 5.74) is 0.761. The summed E-state index contributed by atoms with van der Waals surface area (Å²) in [5, 5.41) is 6.40. The number of benzene rings is 1. The summed E-state index contributed by atoms with van der Waals surface area (Å²) >= 11 is 7.21. The Hall–Kier alpha value is -3.10. The molecule has 1 aliphatic rings. The highest BCUT2D eigenvalue weighted by molar-refractivity contribution is 7.18. The summed E-state index contributed by atoms with van der Waals surface area (Å²) in [7, 11) is 0. The number of hydrogen-bond donors (Lipinski definition) is 2. The molecule has 3 amide bonds. The molecule has 0 saturated carbocycles. The van der Waals surface area contributed by atoms with Crippen molar-refractivity contribution >= 4 is 51.3 Å². The number of anilines is 2. The predicted octanol–water partition coefficient (Wildman–Crippen LogP) is 4.74. The van der Waals surface area contributed by atoms with Crippen LogP contribution in [0.4, 0.5) is 10.7 Å². The highest BCUT2D eigenvalue weighted by Crippen LogP contribution is 2.27. The van der Waals surface area contributed by atoms with Crippen LogP contribution in [0.15, 0.2) is 53.1 Å². The average Bonchev–Trinajstić information content (AvgIpc) is 3.50. The van der Waals surface area contributed by atoms with Crippen LogP contribution < -0.4 is 10.6 Å². The van der Waals surface area contributed by atoms with Crippen LogP contribution in [0.5, 0.6) is 0 Å². The minimum Gasteiger partial charge on any atom is -0.459 e. The number of nitrogens with one attached hydrogen (secondary N) is 2.